The van der Waals surface area contributed by atoms with Gasteiger partial charge in [0.25, 0.3) is 0 Å². The highest BCUT2D eigenvalue weighted by Crippen LogP contribution is 2.21. The first-order valence-corrected chi connectivity index (χ1v) is 3.84. The van der Waals surface area contributed by atoms with Gasteiger partial charge in [0.2, 0.25) is 0 Å². The summed E-state index contributed by atoms with van der Waals surface area (Å²) < 4.78 is 5.29. The number of aliphatic hydroxyl groups is 1. The molecule has 10 heavy (non-hydrogen) atoms. The van der Waals surface area contributed by atoms with E-state index in [1.807, 2.05) is 0 Å². The SMILES string of the molecule is NCCOC1CCCC1O. The van der Waals surface area contributed by atoms with Gasteiger partial charge in [-0.2, -0.15) is 0 Å². The first-order chi connectivity index (χ1) is 4.84. The number of ether oxygens (including phenoxy) is 1. The molecule has 60 valence electrons. The molecule has 0 aromatic heterocycles. The van der Waals surface area contributed by atoms with Crippen molar-refractivity contribution in [1.82, 2.24) is 0 Å². The summed E-state index contributed by atoms with van der Waals surface area (Å²) in [4.78, 5) is 0. The molecule has 0 aromatic carbocycles. The van der Waals surface area contributed by atoms with E-state index in [1.54, 1.807) is 0 Å². The van der Waals surface area contributed by atoms with Crippen LogP contribution in [0.1, 0.15) is 19.3 Å². The number of hydrogen-bond donors (Lipinski definition) is 2. The number of aliphatic hydroxyl groups excluding tert-OH is 1. The molecular formula is C7H15NO2. The van der Waals surface area contributed by atoms with E-state index in [0.717, 1.165) is 19.3 Å². The molecule has 0 amide bonds. The van der Waals surface area contributed by atoms with E-state index in [1.165, 1.54) is 0 Å². The molecule has 1 aliphatic carbocycles. The monoisotopic (exact) mass is 145 g/mol. The van der Waals surface area contributed by atoms with Crippen molar-refractivity contribution in [1.29, 1.82) is 0 Å². The predicted octanol–water partition coefficient (Wildman–Crippen LogP) is -0.125. The van der Waals surface area contributed by atoms with Crippen LogP contribution in [0.2, 0.25) is 0 Å². The summed E-state index contributed by atoms with van der Waals surface area (Å²) in [7, 11) is 0. The third kappa shape index (κ3) is 1.94. The van der Waals surface area contributed by atoms with Gasteiger partial charge in [0.15, 0.2) is 0 Å². The standard InChI is InChI=1S/C7H15NO2/c8-4-5-10-7-3-1-2-6(7)9/h6-7,9H,1-5,8H2. The van der Waals surface area contributed by atoms with Crippen molar-refractivity contribution in [2.45, 2.75) is 31.5 Å². The summed E-state index contributed by atoms with van der Waals surface area (Å²) in [6, 6.07) is 0. The summed E-state index contributed by atoms with van der Waals surface area (Å²) in [6.07, 6.45) is 2.77. The van der Waals surface area contributed by atoms with E-state index in [4.69, 9.17) is 10.5 Å². The Morgan fingerprint density at radius 1 is 1.50 bits per heavy atom. The van der Waals surface area contributed by atoms with Gasteiger partial charge in [-0.25, -0.2) is 0 Å². The Bertz CT molecular complexity index is 97.6. The van der Waals surface area contributed by atoms with Crippen LogP contribution in [0.25, 0.3) is 0 Å². The fourth-order valence-corrected chi connectivity index (χ4v) is 1.32. The first-order valence-electron chi connectivity index (χ1n) is 3.84. The Hall–Kier alpha value is -0.120. The fraction of sp³-hybridized carbons (Fsp3) is 1.00. The molecular weight excluding hydrogens is 130 g/mol. The van der Waals surface area contributed by atoms with Crippen LogP contribution < -0.4 is 5.73 Å². The summed E-state index contributed by atoms with van der Waals surface area (Å²) in [5.74, 6) is 0. The second-order valence-electron chi connectivity index (χ2n) is 2.70. The van der Waals surface area contributed by atoms with Gasteiger partial charge in [0, 0.05) is 6.54 Å². The molecule has 3 heteroatoms. The van der Waals surface area contributed by atoms with Gasteiger partial charge in [0.1, 0.15) is 0 Å². The van der Waals surface area contributed by atoms with Gasteiger partial charge < -0.3 is 15.6 Å². The zero-order valence-corrected chi connectivity index (χ0v) is 6.12. The molecule has 1 fully saturated rings. The van der Waals surface area contributed by atoms with Crippen molar-refractivity contribution in [3.63, 3.8) is 0 Å². The van der Waals surface area contributed by atoms with Crippen molar-refractivity contribution in [3.05, 3.63) is 0 Å². The lowest BCUT2D eigenvalue weighted by Gasteiger charge is -2.14. The average molecular weight is 145 g/mol. The first kappa shape index (κ1) is 7.98. The second-order valence-corrected chi connectivity index (χ2v) is 2.70. The van der Waals surface area contributed by atoms with E-state index < -0.39 is 0 Å². The third-order valence-electron chi connectivity index (χ3n) is 1.87. The highest BCUT2D eigenvalue weighted by molar-refractivity contribution is 4.76. The summed E-state index contributed by atoms with van der Waals surface area (Å²) >= 11 is 0. The lowest BCUT2D eigenvalue weighted by molar-refractivity contribution is -0.0151. The van der Waals surface area contributed by atoms with Crippen molar-refractivity contribution >= 4 is 0 Å². The Morgan fingerprint density at radius 2 is 2.30 bits per heavy atom. The van der Waals surface area contributed by atoms with Crippen molar-refractivity contribution < 1.29 is 9.84 Å². The van der Waals surface area contributed by atoms with Crippen molar-refractivity contribution in [2.24, 2.45) is 5.73 Å². The minimum Gasteiger partial charge on any atom is -0.390 e. The molecule has 3 N–H and O–H groups in total. The smallest absolute Gasteiger partial charge is 0.0834 e. The van der Waals surface area contributed by atoms with Gasteiger partial charge in [-0.05, 0) is 19.3 Å². The normalized spacial score (nSPS) is 33.0. The lowest BCUT2D eigenvalue weighted by atomic mass is 10.3. The van der Waals surface area contributed by atoms with E-state index in [9.17, 15) is 5.11 Å². The molecule has 1 rings (SSSR count). The highest BCUT2D eigenvalue weighted by atomic mass is 16.5. The molecule has 2 unspecified atom stereocenters. The Balaban J connectivity index is 2.14. The molecule has 3 nitrogen and oxygen atoms in total. The van der Waals surface area contributed by atoms with Crippen LogP contribution in [0, 0.1) is 0 Å². The highest BCUT2D eigenvalue weighted by Gasteiger charge is 2.25. The van der Waals surface area contributed by atoms with E-state index >= 15 is 0 Å². The third-order valence-corrected chi connectivity index (χ3v) is 1.87. The van der Waals surface area contributed by atoms with E-state index in [0.29, 0.717) is 13.2 Å². The molecule has 0 saturated heterocycles. The Labute approximate surface area is 61.2 Å². The molecule has 1 aliphatic rings. The summed E-state index contributed by atoms with van der Waals surface area (Å²) in [6.45, 7) is 1.12. The van der Waals surface area contributed by atoms with Crippen LogP contribution in [0.5, 0.6) is 0 Å². The molecule has 0 bridgehead atoms. The molecule has 0 aromatic rings. The van der Waals surface area contributed by atoms with Crippen LogP contribution >= 0.6 is 0 Å². The van der Waals surface area contributed by atoms with Gasteiger partial charge in [-0.15, -0.1) is 0 Å². The molecule has 0 aliphatic heterocycles. The molecule has 1 saturated carbocycles. The zero-order chi connectivity index (χ0) is 7.40. The van der Waals surface area contributed by atoms with Crippen LogP contribution in [0.3, 0.4) is 0 Å². The number of nitrogens with two attached hydrogens (primary N) is 1. The molecule has 0 heterocycles. The van der Waals surface area contributed by atoms with E-state index in [-0.39, 0.29) is 12.2 Å². The largest absolute Gasteiger partial charge is 0.390 e. The fourth-order valence-electron chi connectivity index (χ4n) is 1.32. The lowest BCUT2D eigenvalue weighted by Crippen LogP contribution is -2.25. The Morgan fingerprint density at radius 3 is 2.80 bits per heavy atom. The number of rotatable bonds is 3. The van der Waals surface area contributed by atoms with Crippen molar-refractivity contribution in [2.75, 3.05) is 13.2 Å². The van der Waals surface area contributed by atoms with E-state index in [2.05, 4.69) is 0 Å². The summed E-state index contributed by atoms with van der Waals surface area (Å²) in [5.41, 5.74) is 5.25. The molecule has 2 atom stereocenters. The van der Waals surface area contributed by atoms with Crippen LogP contribution in [-0.2, 0) is 4.74 Å². The minimum atomic E-state index is -0.244. The van der Waals surface area contributed by atoms with Gasteiger partial charge in [-0.1, -0.05) is 0 Å². The minimum absolute atomic E-state index is 0.0588. The van der Waals surface area contributed by atoms with Gasteiger partial charge >= 0.3 is 0 Å². The average Bonchev–Trinajstić information content (AvgIpc) is 2.31. The van der Waals surface area contributed by atoms with Crippen LogP contribution in [-0.4, -0.2) is 30.5 Å². The maximum Gasteiger partial charge on any atom is 0.0834 e. The molecule has 0 spiro atoms. The van der Waals surface area contributed by atoms with Crippen LogP contribution in [0.15, 0.2) is 0 Å². The Kier molecular flexibility index (Phi) is 3.12. The van der Waals surface area contributed by atoms with Gasteiger partial charge in [-0.3, -0.25) is 0 Å². The predicted molar refractivity (Wildman–Crippen MR) is 38.7 cm³/mol. The van der Waals surface area contributed by atoms with Crippen LogP contribution in [0.4, 0.5) is 0 Å². The van der Waals surface area contributed by atoms with Gasteiger partial charge in [0.05, 0.1) is 18.8 Å². The second kappa shape index (κ2) is 3.91. The maximum absolute atomic E-state index is 9.25. The summed E-state index contributed by atoms with van der Waals surface area (Å²) in [5, 5.41) is 9.25. The topological polar surface area (TPSA) is 55.5 Å². The van der Waals surface area contributed by atoms with Crippen molar-refractivity contribution in [3.8, 4) is 0 Å². The maximum atomic E-state index is 9.25. The zero-order valence-electron chi connectivity index (χ0n) is 6.12. The quantitative estimate of drug-likeness (QED) is 0.582. The molecule has 0 radical (unpaired) electrons. The number of hydrogen-bond acceptors (Lipinski definition) is 3.